The lowest BCUT2D eigenvalue weighted by atomic mass is 9.93. The number of halogens is 2. The largest absolute Gasteiger partial charge is 0.493 e. The van der Waals surface area contributed by atoms with Crippen LogP contribution in [0.5, 0.6) is 17.2 Å². The SMILES string of the molecule is COc1cc(-c2nn(CC3CCCN3C(=O)/C(C#N)=C\C(C)(C)C)c3ncnc(N)c23)ccc1Oc1ccc(Cl)c(Cl)c1. The lowest BCUT2D eigenvalue weighted by Crippen LogP contribution is -2.39. The number of carbonyl (C=O) groups is 1. The molecule has 0 aliphatic carbocycles. The van der Waals surface area contributed by atoms with Crippen molar-refractivity contribution in [1.82, 2.24) is 24.6 Å². The number of aromatic nitrogens is 4. The Morgan fingerprint density at radius 1 is 1.16 bits per heavy atom. The molecule has 1 atom stereocenters. The van der Waals surface area contributed by atoms with Gasteiger partial charge in [0.25, 0.3) is 5.91 Å². The highest BCUT2D eigenvalue weighted by atomic mass is 35.5. The highest BCUT2D eigenvalue weighted by Crippen LogP contribution is 2.39. The highest BCUT2D eigenvalue weighted by molar-refractivity contribution is 6.42. The topological polar surface area (TPSA) is 132 Å². The molecule has 3 heterocycles. The van der Waals surface area contributed by atoms with E-state index < -0.39 is 0 Å². The first-order chi connectivity index (χ1) is 20.5. The van der Waals surface area contributed by atoms with Crippen LogP contribution in [-0.2, 0) is 11.3 Å². The van der Waals surface area contributed by atoms with Crippen LogP contribution in [0.1, 0.15) is 33.6 Å². The van der Waals surface area contributed by atoms with Gasteiger partial charge in [-0.05, 0) is 48.6 Å². The van der Waals surface area contributed by atoms with Crippen LogP contribution in [0.25, 0.3) is 22.3 Å². The third kappa shape index (κ3) is 6.38. The van der Waals surface area contributed by atoms with Crippen LogP contribution < -0.4 is 15.2 Å². The first-order valence-corrected chi connectivity index (χ1v) is 14.5. The van der Waals surface area contributed by atoms with Gasteiger partial charge in [0, 0.05) is 18.2 Å². The average molecular weight is 621 g/mol. The number of nitrogens with zero attached hydrogens (tertiary/aromatic N) is 6. The second kappa shape index (κ2) is 12.1. The molecule has 1 aliphatic heterocycles. The van der Waals surface area contributed by atoms with Crippen molar-refractivity contribution >= 4 is 46.0 Å². The van der Waals surface area contributed by atoms with Gasteiger partial charge in [-0.3, -0.25) is 4.79 Å². The molecule has 0 radical (unpaired) electrons. The molecule has 5 rings (SSSR count). The third-order valence-corrected chi connectivity index (χ3v) is 7.80. The van der Waals surface area contributed by atoms with E-state index in [-0.39, 0.29) is 28.8 Å². The molecular weight excluding hydrogens is 589 g/mol. The quantitative estimate of drug-likeness (QED) is 0.179. The highest BCUT2D eigenvalue weighted by Gasteiger charge is 2.33. The Bertz CT molecular complexity index is 1770. The molecule has 0 spiro atoms. The number of hydrogen-bond donors (Lipinski definition) is 1. The van der Waals surface area contributed by atoms with Crippen LogP contribution in [0.2, 0.25) is 10.0 Å². The Morgan fingerprint density at radius 3 is 2.65 bits per heavy atom. The number of ether oxygens (including phenoxy) is 2. The van der Waals surface area contributed by atoms with Gasteiger partial charge < -0.3 is 20.1 Å². The molecule has 0 bridgehead atoms. The first kappa shape index (κ1) is 30.1. The standard InChI is InChI=1S/C31H31Cl2N7O3/c1-31(2,3)14-19(15-34)30(41)39-11-5-6-20(39)16-40-29-26(28(35)36-17-37-29)27(38-40)18-7-10-24(25(12-18)42-4)43-21-8-9-22(32)23(33)13-21/h7-10,12-14,17,20H,5-6,11,16H2,1-4H3,(H2,35,36,37)/b19-14-. The summed E-state index contributed by atoms with van der Waals surface area (Å²) in [5.41, 5.74) is 8.00. The molecular formula is C31H31Cl2N7O3. The summed E-state index contributed by atoms with van der Waals surface area (Å²) in [5.74, 6) is 1.44. The van der Waals surface area contributed by atoms with E-state index in [2.05, 4.69) is 16.0 Å². The number of rotatable bonds is 7. The lowest BCUT2D eigenvalue weighted by molar-refractivity contribution is -0.127. The van der Waals surface area contributed by atoms with E-state index in [0.717, 1.165) is 12.8 Å². The van der Waals surface area contributed by atoms with Crippen LogP contribution >= 0.6 is 23.2 Å². The zero-order valence-electron chi connectivity index (χ0n) is 24.3. The van der Waals surface area contributed by atoms with E-state index in [1.165, 1.54) is 6.33 Å². The van der Waals surface area contributed by atoms with Gasteiger partial charge in [-0.1, -0.05) is 50.0 Å². The van der Waals surface area contributed by atoms with Gasteiger partial charge in [0.05, 0.1) is 35.1 Å². The van der Waals surface area contributed by atoms with E-state index in [4.69, 9.17) is 43.5 Å². The van der Waals surface area contributed by atoms with Crippen molar-refractivity contribution < 1.29 is 14.3 Å². The fourth-order valence-corrected chi connectivity index (χ4v) is 5.44. The Balaban J connectivity index is 1.48. The molecule has 4 aromatic rings. The molecule has 12 heteroatoms. The summed E-state index contributed by atoms with van der Waals surface area (Å²) in [5, 5.41) is 16.0. The number of hydrogen-bond acceptors (Lipinski definition) is 8. The molecule has 1 fully saturated rings. The molecule has 1 aliphatic rings. The van der Waals surface area contributed by atoms with Crippen LogP contribution in [0.4, 0.5) is 5.82 Å². The number of nitrogens with two attached hydrogens (primary N) is 1. The molecule has 43 heavy (non-hydrogen) atoms. The monoisotopic (exact) mass is 619 g/mol. The minimum Gasteiger partial charge on any atom is -0.493 e. The third-order valence-electron chi connectivity index (χ3n) is 7.06. The maximum atomic E-state index is 13.4. The zero-order chi connectivity index (χ0) is 30.9. The van der Waals surface area contributed by atoms with Crippen LogP contribution in [-0.4, -0.2) is 50.3 Å². The van der Waals surface area contributed by atoms with E-state index in [9.17, 15) is 10.1 Å². The zero-order valence-corrected chi connectivity index (χ0v) is 25.8. The summed E-state index contributed by atoms with van der Waals surface area (Å²) in [7, 11) is 1.55. The van der Waals surface area contributed by atoms with Crippen molar-refractivity contribution in [3.8, 4) is 34.6 Å². The number of carbonyl (C=O) groups excluding carboxylic acids is 1. The van der Waals surface area contributed by atoms with Crippen molar-refractivity contribution in [2.24, 2.45) is 5.41 Å². The van der Waals surface area contributed by atoms with Crippen LogP contribution in [0.3, 0.4) is 0 Å². The van der Waals surface area contributed by atoms with Gasteiger partial charge in [-0.25, -0.2) is 14.6 Å². The van der Waals surface area contributed by atoms with Gasteiger partial charge in [0.15, 0.2) is 17.1 Å². The fraction of sp³-hybridized carbons (Fsp3) is 0.323. The number of methoxy groups -OCH3 is 1. The summed E-state index contributed by atoms with van der Waals surface area (Å²) in [6, 6.07) is 12.3. The number of fused-ring (bicyclic) bond motifs is 1. The molecule has 0 saturated carbocycles. The van der Waals surface area contributed by atoms with Crippen molar-refractivity contribution in [2.45, 2.75) is 46.2 Å². The van der Waals surface area contributed by atoms with Gasteiger partial charge in [-0.15, -0.1) is 0 Å². The summed E-state index contributed by atoms with van der Waals surface area (Å²) < 4.78 is 13.4. The van der Waals surface area contributed by atoms with Crippen molar-refractivity contribution in [1.29, 1.82) is 5.26 Å². The van der Waals surface area contributed by atoms with Gasteiger partial charge in [0.1, 0.15) is 35.2 Å². The second-order valence-electron chi connectivity index (χ2n) is 11.4. The number of nitrogen functional groups attached to an aromatic ring is 1. The van der Waals surface area contributed by atoms with Gasteiger partial charge in [0.2, 0.25) is 0 Å². The maximum Gasteiger partial charge on any atom is 0.264 e. The van der Waals surface area contributed by atoms with Crippen molar-refractivity contribution in [3.63, 3.8) is 0 Å². The van der Waals surface area contributed by atoms with Crippen LogP contribution in [0, 0.1) is 16.7 Å². The number of nitriles is 1. The molecule has 2 aromatic heterocycles. The molecule has 1 saturated heterocycles. The Hall–Kier alpha value is -4.33. The minimum atomic E-state index is -0.305. The number of anilines is 1. The summed E-state index contributed by atoms with van der Waals surface area (Å²) >= 11 is 12.2. The smallest absolute Gasteiger partial charge is 0.264 e. The molecule has 222 valence electrons. The normalized spacial score (nSPS) is 15.5. The summed E-state index contributed by atoms with van der Waals surface area (Å²) in [4.78, 5) is 23.9. The Morgan fingerprint density at radius 2 is 1.95 bits per heavy atom. The van der Waals surface area contributed by atoms with Crippen molar-refractivity contribution in [3.05, 3.63) is 64.4 Å². The van der Waals surface area contributed by atoms with Crippen molar-refractivity contribution in [2.75, 3.05) is 19.4 Å². The summed E-state index contributed by atoms with van der Waals surface area (Å²) in [6.07, 6.45) is 4.71. The number of benzene rings is 2. The number of amides is 1. The van der Waals surface area contributed by atoms with E-state index >= 15 is 0 Å². The second-order valence-corrected chi connectivity index (χ2v) is 12.2. The Kier molecular flexibility index (Phi) is 8.49. The van der Waals surface area contributed by atoms with E-state index in [0.29, 0.717) is 62.7 Å². The number of likely N-dealkylation sites (tertiary alicyclic amines) is 1. The predicted molar refractivity (Wildman–Crippen MR) is 166 cm³/mol. The first-order valence-electron chi connectivity index (χ1n) is 13.7. The minimum absolute atomic E-state index is 0.146. The van der Waals surface area contributed by atoms with E-state index in [1.54, 1.807) is 53.1 Å². The van der Waals surface area contributed by atoms with Gasteiger partial charge in [-0.2, -0.15) is 10.4 Å². The molecule has 2 aromatic carbocycles. The molecule has 1 unspecified atom stereocenters. The number of allylic oxidation sites excluding steroid dienone is 1. The lowest BCUT2D eigenvalue weighted by Gasteiger charge is -2.25. The predicted octanol–water partition coefficient (Wildman–Crippen LogP) is 6.67. The molecule has 10 nitrogen and oxygen atoms in total. The molecule has 1 amide bonds. The maximum absolute atomic E-state index is 13.4. The van der Waals surface area contributed by atoms with Gasteiger partial charge >= 0.3 is 0 Å². The molecule has 2 N–H and O–H groups in total. The average Bonchev–Trinajstić information content (AvgIpc) is 3.59. The Labute approximate surface area is 259 Å². The van der Waals surface area contributed by atoms with E-state index in [1.807, 2.05) is 26.8 Å². The fourth-order valence-electron chi connectivity index (χ4n) is 5.15. The summed E-state index contributed by atoms with van der Waals surface area (Å²) in [6.45, 7) is 6.82. The van der Waals surface area contributed by atoms with Crippen LogP contribution in [0.15, 0.2) is 54.4 Å².